The maximum absolute atomic E-state index is 8.39. The van der Waals surface area contributed by atoms with Crippen LogP contribution in [0.25, 0.3) is 0 Å². The summed E-state index contributed by atoms with van der Waals surface area (Å²) in [6, 6.07) is 0. The molecule has 1 N–H and O–H groups in total. The zero-order valence-corrected chi connectivity index (χ0v) is 6.79. The maximum atomic E-state index is 8.39. The molecule has 3 heteroatoms. The van der Waals surface area contributed by atoms with Gasteiger partial charge in [0.2, 0.25) is 0 Å². The minimum absolute atomic E-state index is 0.198. The second-order valence-electron chi connectivity index (χ2n) is 2.08. The fourth-order valence-corrected chi connectivity index (χ4v) is 0.596. The molecule has 0 heterocycles. The van der Waals surface area contributed by atoms with Gasteiger partial charge < -0.3 is 14.6 Å². The van der Waals surface area contributed by atoms with Crippen LogP contribution in [0, 0.1) is 0 Å². The molecule has 0 rings (SSSR count). The summed E-state index contributed by atoms with van der Waals surface area (Å²) in [5.74, 6) is 0. The highest BCUT2D eigenvalue weighted by Gasteiger charge is 1.87. The van der Waals surface area contributed by atoms with Crippen molar-refractivity contribution in [2.45, 2.75) is 12.8 Å². The monoisotopic (exact) mass is 160 g/mol. The van der Waals surface area contributed by atoms with Gasteiger partial charge in [-0.2, -0.15) is 0 Å². The van der Waals surface area contributed by atoms with Crippen molar-refractivity contribution >= 4 is 0 Å². The van der Waals surface area contributed by atoms with Crippen LogP contribution >= 0.6 is 0 Å². The van der Waals surface area contributed by atoms with Crippen LogP contribution in [-0.4, -0.2) is 31.5 Å². The SMILES string of the molecule is C=COCCCOCCCO. The number of hydrogen-bond donors (Lipinski definition) is 1. The van der Waals surface area contributed by atoms with E-state index in [0.29, 0.717) is 26.2 Å². The van der Waals surface area contributed by atoms with Crippen molar-refractivity contribution in [1.29, 1.82) is 0 Å². The molecule has 11 heavy (non-hydrogen) atoms. The fraction of sp³-hybridized carbons (Fsp3) is 0.750. The largest absolute Gasteiger partial charge is 0.502 e. The third-order valence-electron chi connectivity index (χ3n) is 1.12. The van der Waals surface area contributed by atoms with Crippen molar-refractivity contribution in [3.63, 3.8) is 0 Å². The lowest BCUT2D eigenvalue weighted by atomic mass is 10.4. The first-order chi connectivity index (χ1) is 5.41. The molecule has 0 aliphatic heterocycles. The second kappa shape index (κ2) is 9.46. The van der Waals surface area contributed by atoms with Crippen LogP contribution in [-0.2, 0) is 9.47 Å². The van der Waals surface area contributed by atoms with Gasteiger partial charge in [0, 0.05) is 26.2 Å². The summed E-state index contributed by atoms with van der Waals surface area (Å²) >= 11 is 0. The molecule has 0 aliphatic carbocycles. The Hall–Kier alpha value is -0.540. The Bertz CT molecular complexity index is 83.4. The molecule has 0 unspecified atom stereocenters. The quantitative estimate of drug-likeness (QED) is 0.424. The molecule has 0 amide bonds. The smallest absolute Gasteiger partial charge is 0.0895 e. The van der Waals surface area contributed by atoms with Crippen LogP contribution in [0.4, 0.5) is 0 Å². The highest BCUT2D eigenvalue weighted by Crippen LogP contribution is 1.86. The third kappa shape index (κ3) is 9.46. The van der Waals surface area contributed by atoms with Gasteiger partial charge in [-0.25, -0.2) is 0 Å². The standard InChI is InChI=1S/C8H16O3/c1-2-10-7-4-8-11-6-3-5-9/h2,9H,1,3-8H2. The Morgan fingerprint density at radius 3 is 2.55 bits per heavy atom. The predicted octanol–water partition coefficient (Wildman–Crippen LogP) is 0.936. The molecule has 0 aromatic carbocycles. The molecule has 0 aromatic heterocycles. The van der Waals surface area contributed by atoms with E-state index in [2.05, 4.69) is 6.58 Å². The van der Waals surface area contributed by atoms with E-state index in [9.17, 15) is 0 Å². The third-order valence-corrected chi connectivity index (χ3v) is 1.12. The summed E-state index contributed by atoms with van der Waals surface area (Å²) in [4.78, 5) is 0. The predicted molar refractivity (Wildman–Crippen MR) is 43.3 cm³/mol. The van der Waals surface area contributed by atoms with E-state index in [-0.39, 0.29) is 6.61 Å². The van der Waals surface area contributed by atoms with Crippen LogP contribution in [0.15, 0.2) is 12.8 Å². The van der Waals surface area contributed by atoms with Gasteiger partial charge in [0.15, 0.2) is 0 Å². The summed E-state index contributed by atoms with van der Waals surface area (Å²) < 4.78 is 10.0. The Morgan fingerprint density at radius 2 is 1.91 bits per heavy atom. The lowest BCUT2D eigenvalue weighted by molar-refractivity contribution is 0.0990. The van der Waals surface area contributed by atoms with Crippen LogP contribution in [0.5, 0.6) is 0 Å². The summed E-state index contributed by atoms with van der Waals surface area (Å²) in [5, 5.41) is 8.39. The van der Waals surface area contributed by atoms with Gasteiger partial charge in [0.25, 0.3) is 0 Å². The highest BCUT2D eigenvalue weighted by atomic mass is 16.5. The first-order valence-electron chi connectivity index (χ1n) is 3.83. The molecule has 0 atom stereocenters. The molecule has 66 valence electrons. The average molecular weight is 160 g/mol. The van der Waals surface area contributed by atoms with Crippen molar-refractivity contribution in [1.82, 2.24) is 0 Å². The molecule has 0 aliphatic rings. The highest BCUT2D eigenvalue weighted by molar-refractivity contribution is 4.48. The van der Waals surface area contributed by atoms with Crippen LogP contribution in [0.1, 0.15) is 12.8 Å². The van der Waals surface area contributed by atoms with E-state index in [1.165, 1.54) is 6.26 Å². The maximum Gasteiger partial charge on any atom is 0.0895 e. The van der Waals surface area contributed by atoms with E-state index in [4.69, 9.17) is 14.6 Å². The Morgan fingerprint density at radius 1 is 1.18 bits per heavy atom. The van der Waals surface area contributed by atoms with Crippen molar-refractivity contribution in [2.75, 3.05) is 26.4 Å². The molecule has 0 fully saturated rings. The van der Waals surface area contributed by atoms with Crippen LogP contribution in [0.3, 0.4) is 0 Å². The molecule has 0 spiro atoms. The first kappa shape index (κ1) is 10.5. The number of ether oxygens (including phenoxy) is 2. The van der Waals surface area contributed by atoms with E-state index in [1.807, 2.05) is 0 Å². The summed E-state index contributed by atoms with van der Waals surface area (Å²) in [7, 11) is 0. The molecule has 0 saturated heterocycles. The summed E-state index contributed by atoms with van der Waals surface area (Å²) in [6.07, 6.45) is 3.01. The van der Waals surface area contributed by atoms with Crippen LogP contribution in [0.2, 0.25) is 0 Å². The average Bonchev–Trinajstić information content (AvgIpc) is 2.03. The summed E-state index contributed by atoms with van der Waals surface area (Å²) in [6.45, 7) is 5.58. The summed E-state index contributed by atoms with van der Waals surface area (Å²) in [5.41, 5.74) is 0. The van der Waals surface area contributed by atoms with Crippen LogP contribution < -0.4 is 0 Å². The fourth-order valence-electron chi connectivity index (χ4n) is 0.596. The molecule has 0 bridgehead atoms. The molecule has 0 aromatic rings. The number of hydrogen-bond acceptors (Lipinski definition) is 3. The molecular weight excluding hydrogens is 144 g/mol. The lowest BCUT2D eigenvalue weighted by Gasteiger charge is -2.02. The normalized spacial score (nSPS) is 9.55. The Kier molecular flexibility index (Phi) is 9.00. The number of aliphatic hydroxyl groups is 1. The molecule has 3 nitrogen and oxygen atoms in total. The van der Waals surface area contributed by atoms with E-state index in [1.54, 1.807) is 0 Å². The van der Waals surface area contributed by atoms with Gasteiger partial charge in [-0.3, -0.25) is 0 Å². The lowest BCUT2D eigenvalue weighted by Crippen LogP contribution is -2.01. The minimum Gasteiger partial charge on any atom is -0.502 e. The Labute approximate surface area is 67.6 Å². The second-order valence-corrected chi connectivity index (χ2v) is 2.08. The molecule has 0 radical (unpaired) electrons. The Balaban J connectivity index is 2.74. The van der Waals surface area contributed by atoms with Gasteiger partial charge >= 0.3 is 0 Å². The van der Waals surface area contributed by atoms with E-state index < -0.39 is 0 Å². The van der Waals surface area contributed by atoms with Gasteiger partial charge in [0.05, 0.1) is 12.9 Å². The van der Waals surface area contributed by atoms with Crippen molar-refractivity contribution in [2.24, 2.45) is 0 Å². The zero-order valence-electron chi connectivity index (χ0n) is 6.79. The molecular formula is C8H16O3. The van der Waals surface area contributed by atoms with Gasteiger partial charge in [-0.1, -0.05) is 6.58 Å². The number of rotatable bonds is 8. The minimum atomic E-state index is 0.198. The van der Waals surface area contributed by atoms with E-state index in [0.717, 1.165) is 6.42 Å². The first-order valence-corrected chi connectivity index (χ1v) is 3.83. The van der Waals surface area contributed by atoms with E-state index >= 15 is 0 Å². The topological polar surface area (TPSA) is 38.7 Å². The number of aliphatic hydroxyl groups excluding tert-OH is 1. The van der Waals surface area contributed by atoms with Crippen molar-refractivity contribution in [3.8, 4) is 0 Å². The van der Waals surface area contributed by atoms with Gasteiger partial charge in [0.1, 0.15) is 0 Å². The van der Waals surface area contributed by atoms with Crippen molar-refractivity contribution in [3.05, 3.63) is 12.8 Å². The van der Waals surface area contributed by atoms with Crippen molar-refractivity contribution < 1.29 is 14.6 Å². The van der Waals surface area contributed by atoms with Gasteiger partial charge in [-0.05, 0) is 6.42 Å². The van der Waals surface area contributed by atoms with Gasteiger partial charge in [-0.15, -0.1) is 0 Å². The zero-order chi connectivity index (χ0) is 8.36. The molecule has 0 saturated carbocycles.